The zero-order valence-corrected chi connectivity index (χ0v) is 11.4. The van der Waals surface area contributed by atoms with Crippen LogP contribution in [0.1, 0.15) is 20.8 Å². The minimum Gasteiger partial charge on any atom is -0.355 e. The molecule has 0 spiro atoms. The number of rotatable bonds is 2. The molecule has 5 heteroatoms. The van der Waals surface area contributed by atoms with Crippen LogP contribution in [-0.4, -0.2) is 23.3 Å². The molecule has 1 aromatic rings. The summed E-state index contributed by atoms with van der Waals surface area (Å²) in [6, 6.07) is 3.41. The second-order valence-corrected chi connectivity index (χ2v) is 5.92. The van der Waals surface area contributed by atoms with Gasteiger partial charge in [0.1, 0.15) is 5.92 Å². The predicted octanol–water partition coefficient (Wildman–Crippen LogP) is 1.43. The second kappa shape index (κ2) is 4.99. The van der Waals surface area contributed by atoms with Crippen molar-refractivity contribution in [2.24, 2.45) is 17.3 Å². The first-order valence-electron chi connectivity index (χ1n) is 6.38. The molecule has 1 aliphatic rings. The average Bonchev–Trinajstić information content (AvgIpc) is 2.72. The van der Waals surface area contributed by atoms with Crippen LogP contribution < -0.4 is 10.6 Å². The molecule has 5 nitrogen and oxygen atoms in total. The van der Waals surface area contributed by atoms with E-state index in [2.05, 4.69) is 15.6 Å². The van der Waals surface area contributed by atoms with E-state index in [9.17, 15) is 9.59 Å². The second-order valence-electron chi connectivity index (χ2n) is 5.92. The first-order chi connectivity index (χ1) is 8.89. The number of carbonyl (C=O) groups excluding carboxylic acids is 2. The van der Waals surface area contributed by atoms with Crippen LogP contribution >= 0.6 is 0 Å². The molecule has 0 aromatic carbocycles. The Morgan fingerprint density at radius 2 is 2.00 bits per heavy atom. The van der Waals surface area contributed by atoms with Crippen molar-refractivity contribution in [3.8, 4) is 0 Å². The standard InChI is InChI=1S/C14H19N3O2/c1-14(2,3)10-8-16-12(18)11(10)13(19)17-9-4-6-15-7-5-9/h4-7,10-11H,8H2,1-3H3,(H,16,18)(H,15,17,19). The number of amides is 2. The summed E-state index contributed by atoms with van der Waals surface area (Å²) in [6.45, 7) is 6.69. The Kier molecular flexibility index (Phi) is 3.55. The number of nitrogens with one attached hydrogen (secondary N) is 2. The lowest BCUT2D eigenvalue weighted by Crippen LogP contribution is -2.37. The Labute approximate surface area is 112 Å². The Morgan fingerprint density at radius 1 is 1.37 bits per heavy atom. The molecule has 1 aromatic heterocycles. The zero-order valence-electron chi connectivity index (χ0n) is 11.4. The van der Waals surface area contributed by atoms with Gasteiger partial charge in [-0.3, -0.25) is 14.6 Å². The van der Waals surface area contributed by atoms with E-state index in [1.54, 1.807) is 24.5 Å². The van der Waals surface area contributed by atoms with Crippen molar-refractivity contribution in [2.45, 2.75) is 20.8 Å². The van der Waals surface area contributed by atoms with E-state index in [0.29, 0.717) is 12.2 Å². The Morgan fingerprint density at radius 3 is 2.58 bits per heavy atom. The third kappa shape index (κ3) is 2.92. The van der Waals surface area contributed by atoms with E-state index in [1.165, 1.54) is 0 Å². The Hall–Kier alpha value is -1.91. The van der Waals surface area contributed by atoms with Gasteiger partial charge in [-0.05, 0) is 17.5 Å². The number of anilines is 1. The molecule has 102 valence electrons. The molecule has 2 atom stereocenters. The molecule has 2 N–H and O–H groups in total. The Bertz CT molecular complexity index is 479. The van der Waals surface area contributed by atoms with Crippen molar-refractivity contribution in [1.82, 2.24) is 10.3 Å². The summed E-state index contributed by atoms with van der Waals surface area (Å²) in [5, 5.41) is 5.56. The van der Waals surface area contributed by atoms with Crippen LogP contribution in [0.4, 0.5) is 5.69 Å². The molecule has 0 radical (unpaired) electrons. The fourth-order valence-corrected chi connectivity index (χ4v) is 2.38. The minimum atomic E-state index is -0.631. The highest BCUT2D eigenvalue weighted by Crippen LogP contribution is 2.35. The smallest absolute Gasteiger partial charge is 0.237 e. The van der Waals surface area contributed by atoms with Crippen molar-refractivity contribution in [3.05, 3.63) is 24.5 Å². The summed E-state index contributed by atoms with van der Waals surface area (Å²) in [6.07, 6.45) is 3.21. The lowest BCUT2D eigenvalue weighted by molar-refractivity contribution is -0.132. The van der Waals surface area contributed by atoms with Gasteiger partial charge in [0.2, 0.25) is 11.8 Å². The summed E-state index contributed by atoms with van der Waals surface area (Å²) in [7, 11) is 0. The maximum absolute atomic E-state index is 12.3. The summed E-state index contributed by atoms with van der Waals surface area (Å²) in [5.74, 6) is -1.07. The third-order valence-electron chi connectivity index (χ3n) is 3.52. The maximum atomic E-state index is 12.3. The van der Waals surface area contributed by atoms with Crippen LogP contribution in [0.5, 0.6) is 0 Å². The predicted molar refractivity (Wildman–Crippen MR) is 72.3 cm³/mol. The molecule has 1 aliphatic heterocycles. The number of hydrogen-bond donors (Lipinski definition) is 2. The molecule has 2 rings (SSSR count). The molecule has 19 heavy (non-hydrogen) atoms. The highest BCUT2D eigenvalue weighted by molar-refractivity contribution is 6.07. The maximum Gasteiger partial charge on any atom is 0.237 e. The van der Waals surface area contributed by atoms with Gasteiger partial charge in [0.25, 0.3) is 0 Å². The van der Waals surface area contributed by atoms with Gasteiger partial charge in [0, 0.05) is 30.5 Å². The highest BCUT2D eigenvalue weighted by Gasteiger charge is 2.45. The van der Waals surface area contributed by atoms with Crippen molar-refractivity contribution < 1.29 is 9.59 Å². The molecule has 2 amide bonds. The molecular weight excluding hydrogens is 242 g/mol. The third-order valence-corrected chi connectivity index (χ3v) is 3.52. The van der Waals surface area contributed by atoms with E-state index in [4.69, 9.17) is 0 Å². The van der Waals surface area contributed by atoms with E-state index in [1.807, 2.05) is 20.8 Å². The molecule has 0 saturated carbocycles. The highest BCUT2D eigenvalue weighted by atomic mass is 16.2. The van der Waals surface area contributed by atoms with E-state index in [0.717, 1.165) is 0 Å². The van der Waals surface area contributed by atoms with Crippen LogP contribution in [-0.2, 0) is 9.59 Å². The summed E-state index contributed by atoms with van der Waals surface area (Å²) in [5.41, 5.74) is 0.562. The van der Waals surface area contributed by atoms with Gasteiger partial charge < -0.3 is 10.6 Å². The van der Waals surface area contributed by atoms with Crippen LogP contribution in [0.3, 0.4) is 0 Å². The van der Waals surface area contributed by atoms with E-state index < -0.39 is 5.92 Å². The van der Waals surface area contributed by atoms with Crippen molar-refractivity contribution in [1.29, 1.82) is 0 Å². The lowest BCUT2D eigenvalue weighted by atomic mass is 9.74. The zero-order chi connectivity index (χ0) is 14.0. The van der Waals surface area contributed by atoms with Crippen LogP contribution in [0.2, 0.25) is 0 Å². The molecule has 0 bridgehead atoms. The van der Waals surface area contributed by atoms with Crippen LogP contribution in [0.25, 0.3) is 0 Å². The number of hydrogen-bond acceptors (Lipinski definition) is 3. The fourth-order valence-electron chi connectivity index (χ4n) is 2.38. The van der Waals surface area contributed by atoms with Gasteiger partial charge in [-0.2, -0.15) is 0 Å². The summed E-state index contributed by atoms with van der Waals surface area (Å²) < 4.78 is 0. The van der Waals surface area contributed by atoms with E-state index >= 15 is 0 Å². The summed E-state index contributed by atoms with van der Waals surface area (Å²) in [4.78, 5) is 28.1. The summed E-state index contributed by atoms with van der Waals surface area (Å²) >= 11 is 0. The monoisotopic (exact) mass is 261 g/mol. The van der Waals surface area contributed by atoms with Gasteiger partial charge in [-0.1, -0.05) is 20.8 Å². The fraction of sp³-hybridized carbons (Fsp3) is 0.500. The van der Waals surface area contributed by atoms with Crippen LogP contribution in [0.15, 0.2) is 24.5 Å². The quantitative estimate of drug-likeness (QED) is 0.791. The SMILES string of the molecule is CC(C)(C)C1CNC(=O)C1C(=O)Nc1ccncc1. The van der Waals surface area contributed by atoms with Crippen molar-refractivity contribution >= 4 is 17.5 Å². The Balaban J connectivity index is 2.15. The van der Waals surface area contributed by atoms with Gasteiger partial charge in [0.15, 0.2) is 0 Å². The van der Waals surface area contributed by atoms with Gasteiger partial charge in [-0.15, -0.1) is 0 Å². The van der Waals surface area contributed by atoms with Crippen molar-refractivity contribution in [3.63, 3.8) is 0 Å². The first kappa shape index (κ1) is 13.5. The molecule has 2 heterocycles. The molecule has 1 fully saturated rings. The van der Waals surface area contributed by atoms with Gasteiger partial charge in [-0.25, -0.2) is 0 Å². The van der Waals surface area contributed by atoms with Gasteiger partial charge in [0.05, 0.1) is 0 Å². The number of nitrogens with zero attached hydrogens (tertiary/aromatic N) is 1. The van der Waals surface area contributed by atoms with Crippen LogP contribution in [0, 0.1) is 17.3 Å². The van der Waals surface area contributed by atoms with E-state index in [-0.39, 0.29) is 23.1 Å². The first-order valence-corrected chi connectivity index (χ1v) is 6.38. The largest absolute Gasteiger partial charge is 0.355 e. The average molecular weight is 261 g/mol. The minimum absolute atomic E-state index is 0.00170. The van der Waals surface area contributed by atoms with Crippen molar-refractivity contribution in [2.75, 3.05) is 11.9 Å². The topological polar surface area (TPSA) is 71.1 Å². The number of pyridine rings is 1. The lowest BCUT2D eigenvalue weighted by Gasteiger charge is -2.29. The molecular formula is C14H19N3O2. The normalized spacial score (nSPS) is 23.0. The van der Waals surface area contributed by atoms with Gasteiger partial charge >= 0.3 is 0 Å². The molecule has 2 unspecified atom stereocenters. The number of carbonyl (C=O) groups is 2. The molecule has 0 aliphatic carbocycles. The number of aromatic nitrogens is 1. The molecule has 1 saturated heterocycles.